The summed E-state index contributed by atoms with van der Waals surface area (Å²) in [6.45, 7) is 0. The van der Waals surface area contributed by atoms with Crippen LogP contribution in [0.5, 0.6) is 0 Å². The number of carbonyl (C=O) groups excluding carboxylic acids is 2. The van der Waals surface area contributed by atoms with Crippen molar-refractivity contribution in [3.63, 3.8) is 0 Å². The van der Waals surface area contributed by atoms with Crippen LogP contribution < -0.4 is 0 Å². The van der Waals surface area contributed by atoms with E-state index in [4.69, 9.17) is 9.47 Å². The highest BCUT2D eigenvalue weighted by atomic mass is 16.6. The third kappa shape index (κ3) is 4.65. The average Bonchev–Trinajstić information content (AvgIpc) is 3.33. The number of hydrogen-bond donors (Lipinski definition) is 1. The number of nitro groups is 1. The molecule has 0 unspecified atom stereocenters. The first-order chi connectivity index (χ1) is 17.8. The molecule has 0 saturated heterocycles. The molecule has 186 valence electrons. The molecule has 0 bridgehead atoms. The number of para-hydroxylation sites is 1. The molecule has 0 spiro atoms. The predicted molar refractivity (Wildman–Crippen MR) is 131 cm³/mol. The highest BCUT2D eigenvalue weighted by Crippen LogP contribution is 2.32. The summed E-state index contributed by atoms with van der Waals surface area (Å²) in [4.78, 5) is 47.4. The number of benzene rings is 3. The van der Waals surface area contributed by atoms with Gasteiger partial charge in [-0.3, -0.25) is 10.1 Å². The Kier molecular flexibility index (Phi) is 6.78. The number of carbonyl (C=O) groups is 3. The summed E-state index contributed by atoms with van der Waals surface area (Å²) in [5.74, 6) is -2.98. The van der Waals surface area contributed by atoms with Crippen LogP contribution in [0.1, 0.15) is 31.2 Å². The average molecular weight is 501 g/mol. The van der Waals surface area contributed by atoms with E-state index < -0.39 is 34.1 Å². The number of aromatic nitrogens is 2. The first-order valence-corrected chi connectivity index (χ1v) is 10.7. The molecular weight excluding hydrogens is 482 g/mol. The van der Waals surface area contributed by atoms with Gasteiger partial charge in [-0.1, -0.05) is 48.5 Å². The summed E-state index contributed by atoms with van der Waals surface area (Å²) >= 11 is 0. The molecule has 0 saturated carbocycles. The second-order valence-electron chi connectivity index (χ2n) is 7.67. The maximum absolute atomic E-state index is 12.8. The summed E-state index contributed by atoms with van der Waals surface area (Å²) < 4.78 is 11.1. The molecule has 0 aliphatic carbocycles. The predicted octanol–water partition coefficient (Wildman–Crippen LogP) is 4.39. The van der Waals surface area contributed by atoms with E-state index in [1.54, 1.807) is 54.6 Å². The van der Waals surface area contributed by atoms with E-state index in [1.807, 2.05) is 0 Å². The maximum atomic E-state index is 12.8. The summed E-state index contributed by atoms with van der Waals surface area (Å²) in [6, 6.07) is 19.0. The van der Waals surface area contributed by atoms with Gasteiger partial charge in [0.15, 0.2) is 5.69 Å². The molecule has 11 nitrogen and oxygen atoms in total. The lowest BCUT2D eigenvalue weighted by Crippen LogP contribution is -2.15. The Morgan fingerprint density at radius 1 is 0.865 bits per heavy atom. The maximum Gasteiger partial charge on any atom is 0.357 e. The van der Waals surface area contributed by atoms with E-state index in [9.17, 15) is 29.6 Å². The first-order valence-electron chi connectivity index (χ1n) is 10.7. The molecule has 0 amide bonds. The van der Waals surface area contributed by atoms with Gasteiger partial charge in [-0.05, 0) is 29.3 Å². The zero-order chi connectivity index (χ0) is 26.7. The van der Waals surface area contributed by atoms with Crippen molar-refractivity contribution in [1.29, 1.82) is 0 Å². The molecule has 3 aromatic carbocycles. The van der Waals surface area contributed by atoms with Crippen LogP contribution in [-0.4, -0.2) is 51.9 Å². The summed E-state index contributed by atoms with van der Waals surface area (Å²) in [7, 11) is 2.37. The minimum absolute atomic E-state index is 0.0904. The third-order valence-corrected chi connectivity index (χ3v) is 5.57. The Morgan fingerprint density at radius 3 is 2.03 bits per heavy atom. The van der Waals surface area contributed by atoms with Crippen LogP contribution in [0.15, 0.2) is 72.8 Å². The number of carboxylic acid groups (broad SMARTS) is 1. The number of nitro benzene ring substituents is 1. The Bertz CT molecular complexity index is 1530. The lowest BCUT2D eigenvalue weighted by atomic mass is 9.99. The molecule has 1 aromatic heterocycles. The van der Waals surface area contributed by atoms with Gasteiger partial charge >= 0.3 is 17.9 Å². The molecular formula is C26H19N3O8. The number of carboxylic acids is 1. The van der Waals surface area contributed by atoms with Gasteiger partial charge in [-0.25, -0.2) is 19.1 Å². The highest BCUT2D eigenvalue weighted by Gasteiger charge is 2.31. The molecule has 4 rings (SSSR count). The largest absolute Gasteiger partial charge is 0.477 e. The van der Waals surface area contributed by atoms with Crippen LogP contribution in [0.4, 0.5) is 5.69 Å². The van der Waals surface area contributed by atoms with Crippen molar-refractivity contribution in [2.75, 3.05) is 14.2 Å². The van der Waals surface area contributed by atoms with Gasteiger partial charge in [0, 0.05) is 11.6 Å². The van der Waals surface area contributed by atoms with Crippen molar-refractivity contribution in [3.8, 4) is 28.1 Å². The fourth-order valence-corrected chi connectivity index (χ4v) is 3.82. The Balaban J connectivity index is 1.85. The summed E-state index contributed by atoms with van der Waals surface area (Å²) in [6.07, 6.45) is 0. The van der Waals surface area contributed by atoms with Crippen LogP contribution in [0.3, 0.4) is 0 Å². The molecule has 0 radical (unpaired) electrons. The molecule has 0 atom stereocenters. The van der Waals surface area contributed by atoms with Crippen molar-refractivity contribution in [3.05, 3.63) is 99.7 Å². The van der Waals surface area contributed by atoms with E-state index in [2.05, 4.69) is 5.10 Å². The lowest BCUT2D eigenvalue weighted by molar-refractivity contribution is -0.385. The molecule has 0 fully saturated rings. The zero-order valence-electron chi connectivity index (χ0n) is 19.6. The van der Waals surface area contributed by atoms with Gasteiger partial charge in [0.05, 0.1) is 24.8 Å². The Hall–Kier alpha value is -5.32. The van der Waals surface area contributed by atoms with E-state index in [0.717, 1.165) is 0 Å². The van der Waals surface area contributed by atoms with Crippen molar-refractivity contribution in [2.45, 2.75) is 0 Å². The Labute approximate surface area is 209 Å². The topological polar surface area (TPSA) is 151 Å². The van der Waals surface area contributed by atoms with Crippen LogP contribution in [0, 0.1) is 10.1 Å². The van der Waals surface area contributed by atoms with Gasteiger partial charge < -0.3 is 14.6 Å². The van der Waals surface area contributed by atoms with Gasteiger partial charge in [-0.15, -0.1) is 0 Å². The highest BCUT2D eigenvalue weighted by molar-refractivity contribution is 6.07. The quantitative estimate of drug-likeness (QED) is 0.221. The number of esters is 2. The molecule has 1 N–H and O–H groups in total. The van der Waals surface area contributed by atoms with E-state index in [0.29, 0.717) is 22.4 Å². The van der Waals surface area contributed by atoms with E-state index >= 15 is 0 Å². The number of nitrogens with zero attached hydrogens (tertiary/aromatic N) is 3. The third-order valence-electron chi connectivity index (χ3n) is 5.57. The molecule has 1 heterocycles. The number of methoxy groups -OCH3 is 2. The standard InChI is InChI=1S/C26H19N3O8/c1-36-25(32)21-22(27-28(23(21)26(33)37-2)18-6-4-3-5-7-18)16-10-8-15(9-11-16)17-12-13-19(24(30)31)20(14-17)29(34)35/h3-14H,1-2H3,(H,30,31). The summed E-state index contributed by atoms with van der Waals surface area (Å²) in [5.41, 5.74) is 0.950. The fraction of sp³-hybridized carbons (Fsp3) is 0.0769. The number of aromatic carboxylic acids is 1. The lowest BCUT2D eigenvalue weighted by Gasteiger charge is -2.07. The van der Waals surface area contributed by atoms with Gasteiger partial charge in [0.25, 0.3) is 5.69 Å². The van der Waals surface area contributed by atoms with Gasteiger partial charge in [-0.2, -0.15) is 5.10 Å². The van der Waals surface area contributed by atoms with Crippen LogP contribution >= 0.6 is 0 Å². The van der Waals surface area contributed by atoms with E-state index in [-0.39, 0.29) is 17.0 Å². The molecule has 37 heavy (non-hydrogen) atoms. The number of hydrogen-bond acceptors (Lipinski definition) is 8. The molecule has 0 aliphatic rings. The Morgan fingerprint density at radius 2 is 1.46 bits per heavy atom. The van der Waals surface area contributed by atoms with Crippen LogP contribution in [0.2, 0.25) is 0 Å². The van der Waals surface area contributed by atoms with Crippen molar-refractivity contribution >= 4 is 23.6 Å². The molecule has 4 aromatic rings. The molecule has 0 aliphatic heterocycles. The minimum Gasteiger partial charge on any atom is -0.477 e. The van der Waals surface area contributed by atoms with Crippen LogP contribution in [0.25, 0.3) is 28.1 Å². The van der Waals surface area contributed by atoms with Gasteiger partial charge in [0.2, 0.25) is 0 Å². The SMILES string of the molecule is COC(=O)c1c(-c2ccc(-c3ccc(C(=O)O)c([N+](=O)[O-])c3)cc2)nn(-c2ccccc2)c1C(=O)OC. The van der Waals surface area contributed by atoms with Crippen molar-refractivity contribution < 1.29 is 33.9 Å². The fourth-order valence-electron chi connectivity index (χ4n) is 3.82. The monoisotopic (exact) mass is 501 g/mol. The smallest absolute Gasteiger partial charge is 0.357 e. The van der Waals surface area contributed by atoms with Crippen LogP contribution in [-0.2, 0) is 9.47 Å². The second kappa shape index (κ2) is 10.1. The number of ether oxygens (including phenoxy) is 2. The van der Waals surface area contributed by atoms with E-state index in [1.165, 1.54) is 37.1 Å². The normalized spacial score (nSPS) is 10.5. The zero-order valence-corrected chi connectivity index (χ0v) is 19.6. The van der Waals surface area contributed by atoms with Gasteiger partial charge in [0.1, 0.15) is 16.8 Å². The number of rotatable bonds is 7. The second-order valence-corrected chi connectivity index (χ2v) is 7.67. The van der Waals surface area contributed by atoms with Crippen molar-refractivity contribution in [1.82, 2.24) is 9.78 Å². The first kappa shape index (κ1) is 24.8. The summed E-state index contributed by atoms with van der Waals surface area (Å²) in [5, 5.41) is 25.1. The minimum atomic E-state index is -1.40. The molecule has 11 heteroatoms. The van der Waals surface area contributed by atoms with Crippen molar-refractivity contribution in [2.24, 2.45) is 0 Å².